The monoisotopic (exact) mass is 401 g/mol. The molecule has 1 amide bonds. The Morgan fingerprint density at radius 3 is 2.30 bits per heavy atom. The number of amides is 1. The molecule has 152 valence electrons. The van der Waals surface area contributed by atoms with Crippen LogP contribution in [0.3, 0.4) is 0 Å². The average molecular weight is 401 g/mol. The lowest BCUT2D eigenvalue weighted by molar-refractivity contribution is -0.134. The summed E-state index contributed by atoms with van der Waals surface area (Å²) in [4.78, 5) is 15.2. The number of hydrogen-bond donors (Lipinski definition) is 0. The van der Waals surface area contributed by atoms with Gasteiger partial charge in [0.15, 0.2) is 0 Å². The second kappa shape index (κ2) is 9.01. The molecule has 30 heavy (non-hydrogen) atoms. The van der Waals surface area contributed by atoms with Gasteiger partial charge in [0.25, 0.3) is 5.91 Å². The molecule has 0 saturated heterocycles. The summed E-state index contributed by atoms with van der Waals surface area (Å²) >= 11 is 0. The molecule has 1 heterocycles. The van der Waals surface area contributed by atoms with Gasteiger partial charge >= 0.3 is 0 Å². The van der Waals surface area contributed by atoms with Gasteiger partial charge in [-0.05, 0) is 35.9 Å². The molecular formula is C25H24FN3O. The van der Waals surface area contributed by atoms with E-state index < -0.39 is 0 Å². The van der Waals surface area contributed by atoms with Crippen LogP contribution in [-0.4, -0.2) is 35.1 Å². The molecule has 0 radical (unpaired) electrons. The lowest BCUT2D eigenvalue weighted by Gasteiger charge is -2.25. The SMILES string of the molecule is CN(CC(=O)N1N=C(c2ccccc2)C[C@H]1c1ccc(F)cc1)Cc1ccccc1. The third-order valence-electron chi connectivity index (χ3n) is 5.23. The van der Waals surface area contributed by atoms with Gasteiger partial charge in [-0.3, -0.25) is 9.69 Å². The van der Waals surface area contributed by atoms with Crippen LogP contribution in [0.15, 0.2) is 90.0 Å². The van der Waals surface area contributed by atoms with Gasteiger partial charge in [-0.25, -0.2) is 9.40 Å². The van der Waals surface area contributed by atoms with Crippen LogP contribution >= 0.6 is 0 Å². The number of rotatable bonds is 6. The number of halogens is 1. The Kier molecular flexibility index (Phi) is 6.00. The fourth-order valence-corrected chi connectivity index (χ4v) is 3.74. The Labute approximate surface area is 176 Å². The maximum absolute atomic E-state index is 13.4. The zero-order valence-electron chi connectivity index (χ0n) is 16.9. The molecule has 3 aromatic rings. The van der Waals surface area contributed by atoms with Crippen LogP contribution in [0.4, 0.5) is 4.39 Å². The number of likely N-dealkylation sites (N-methyl/N-ethyl adjacent to an activating group) is 1. The fraction of sp³-hybridized carbons (Fsp3) is 0.200. The van der Waals surface area contributed by atoms with Crippen molar-refractivity contribution >= 4 is 11.6 Å². The third kappa shape index (κ3) is 4.63. The number of carbonyl (C=O) groups excluding carboxylic acids is 1. The van der Waals surface area contributed by atoms with Crippen LogP contribution in [0.2, 0.25) is 0 Å². The molecule has 0 unspecified atom stereocenters. The highest BCUT2D eigenvalue weighted by atomic mass is 19.1. The highest BCUT2D eigenvalue weighted by Gasteiger charge is 2.33. The van der Waals surface area contributed by atoms with Gasteiger partial charge < -0.3 is 0 Å². The predicted octanol–water partition coefficient (Wildman–Crippen LogP) is 4.64. The smallest absolute Gasteiger partial charge is 0.257 e. The first-order valence-electron chi connectivity index (χ1n) is 10.0. The van der Waals surface area contributed by atoms with Gasteiger partial charge in [0.1, 0.15) is 5.82 Å². The normalized spacial score (nSPS) is 16.0. The molecule has 3 aromatic carbocycles. The fourth-order valence-electron chi connectivity index (χ4n) is 3.74. The van der Waals surface area contributed by atoms with Crippen molar-refractivity contribution in [3.8, 4) is 0 Å². The molecule has 0 aliphatic carbocycles. The molecule has 0 saturated carbocycles. The topological polar surface area (TPSA) is 35.9 Å². The van der Waals surface area contributed by atoms with E-state index in [9.17, 15) is 9.18 Å². The van der Waals surface area contributed by atoms with Crippen LogP contribution in [0.5, 0.6) is 0 Å². The number of benzene rings is 3. The van der Waals surface area contributed by atoms with Crippen molar-refractivity contribution in [2.24, 2.45) is 5.10 Å². The van der Waals surface area contributed by atoms with E-state index >= 15 is 0 Å². The molecule has 1 aliphatic rings. The molecule has 0 bridgehead atoms. The van der Waals surface area contributed by atoms with E-state index in [2.05, 4.69) is 5.10 Å². The summed E-state index contributed by atoms with van der Waals surface area (Å²) in [6.07, 6.45) is 0.601. The highest BCUT2D eigenvalue weighted by Crippen LogP contribution is 2.33. The van der Waals surface area contributed by atoms with E-state index in [-0.39, 0.29) is 24.3 Å². The molecule has 0 spiro atoms. The van der Waals surface area contributed by atoms with Crippen LogP contribution in [0, 0.1) is 5.82 Å². The minimum atomic E-state index is -0.290. The van der Waals surface area contributed by atoms with Crippen LogP contribution in [0.1, 0.15) is 29.2 Å². The molecule has 0 fully saturated rings. The van der Waals surface area contributed by atoms with E-state index in [4.69, 9.17) is 0 Å². The average Bonchev–Trinajstić information content (AvgIpc) is 3.21. The Morgan fingerprint density at radius 1 is 1.00 bits per heavy atom. The Hall–Kier alpha value is -3.31. The van der Waals surface area contributed by atoms with E-state index in [0.29, 0.717) is 13.0 Å². The Balaban J connectivity index is 1.55. The first-order chi connectivity index (χ1) is 14.6. The largest absolute Gasteiger partial charge is 0.293 e. The highest BCUT2D eigenvalue weighted by molar-refractivity contribution is 6.03. The summed E-state index contributed by atoms with van der Waals surface area (Å²) in [5.74, 6) is -0.366. The zero-order chi connectivity index (χ0) is 20.9. The summed E-state index contributed by atoms with van der Waals surface area (Å²) in [7, 11) is 1.93. The molecule has 1 aliphatic heterocycles. The van der Waals surface area contributed by atoms with Crippen molar-refractivity contribution in [2.75, 3.05) is 13.6 Å². The van der Waals surface area contributed by atoms with Crippen molar-refractivity contribution in [3.63, 3.8) is 0 Å². The summed E-state index contributed by atoms with van der Waals surface area (Å²) < 4.78 is 13.4. The summed E-state index contributed by atoms with van der Waals surface area (Å²) in [5.41, 5.74) is 3.89. The Bertz CT molecular complexity index is 1020. The summed E-state index contributed by atoms with van der Waals surface area (Å²) in [6, 6.07) is 26.0. The quantitative estimate of drug-likeness (QED) is 0.604. The van der Waals surface area contributed by atoms with Crippen molar-refractivity contribution in [3.05, 3.63) is 107 Å². The van der Waals surface area contributed by atoms with Gasteiger partial charge in [0.2, 0.25) is 0 Å². The second-order valence-electron chi connectivity index (χ2n) is 7.58. The van der Waals surface area contributed by atoms with E-state index in [1.165, 1.54) is 12.1 Å². The number of carbonyl (C=O) groups is 1. The van der Waals surface area contributed by atoms with Gasteiger partial charge in [-0.1, -0.05) is 72.8 Å². The maximum atomic E-state index is 13.4. The van der Waals surface area contributed by atoms with Crippen LogP contribution in [0.25, 0.3) is 0 Å². The van der Waals surface area contributed by atoms with Crippen molar-refractivity contribution < 1.29 is 9.18 Å². The maximum Gasteiger partial charge on any atom is 0.257 e. The first-order valence-corrected chi connectivity index (χ1v) is 10.0. The standard InChI is InChI=1S/C25H24FN3O/c1-28(17-19-8-4-2-5-9-19)18-25(30)29-24(21-12-14-22(26)15-13-21)16-23(27-29)20-10-6-3-7-11-20/h2-15,24H,16-18H2,1H3/t24-/m0/s1. The van der Waals surface area contributed by atoms with E-state index in [1.54, 1.807) is 17.1 Å². The lowest BCUT2D eigenvalue weighted by Crippen LogP contribution is -2.36. The van der Waals surface area contributed by atoms with Crippen LogP contribution < -0.4 is 0 Å². The molecule has 0 aromatic heterocycles. The van der Waals surface area contributed by atoms with Gasteiger partial charge in [0.05, 0.1) is 18.3 Å². The predicted molar refractivity (Wildman–Crippen MR) is 116 cm³/mol. The van der Waals surface area contributed by atoms with E-state index in [1.807, 2.05) is 72.6 Å². The molecule has 4 nitrogen and oxygen atoms in total. The molecule has 4 rings (SSSR count). The molecule has 5 heteroatoms. The van der Waals surface area contributed by atoms with Crippen molar-refractivity contribution in [2.45, 2.75) is 19.0 Å². The van der Waals surface area contributed by atoms with Crippen molar-refractivity contribution in [1.82, 2.24) is 9.91 Å². The number of hydrogen-bond acceptors (Lipinski definition) is 3. The van der Waals surface area contributed by atoms with Gasteiger partial charge in [-0.15, -0.1) is 0 Å². The minimum Gasteiger partial charge on any atom is -0.293 e. The summed E-state index contributed by atoms with van der Waals surface area (Å²) in [5, 5.41) is 6.25. The second-order valence-corrected chi connectivity index (χ2v) is 7.58. The number of hydrazone groups is 1. The lowest BCUT2D eigenvalue weighted by atomic mass is 9.98. The molecule has 1 atom stereocenters. The van der Waals surface area contributed by atoms with Crippen molar-refractivity contribution in [1.29, 1.82) is 0 Å². The van der Waals surface area contributed by atoms with Crippen LogP contribution in [-0.2, 0) is 11.3 Å². The zero-order valence-corrected chi connectivity index (χ0v) is 16.9. The summed E-state index contributed by atoms with van der Waals surface area (Å²) in [6.45, 7) is 0.926. The molecule has 0 N–H and O–H groups in total. The first kappa shape index (κ1) is 20.0. The third-order valence-corrected chi connectivity index (χ3v) is 5.23. The molecular weight excluding hydrogens is 377 g/mol. The van der Waals surface area contributed by atoms with E-state index in [0.717, 1.165) is 22.4 Å². The van der Waals surface area contributed by atoms with Gasteiger partial charge in [0, 0.05) is 13.0 Å². The Morgan fingerprint density at radius 2 is 1.63 bits per heavy atom. The minimum absolute atomic E-state index is 0.0753. The van der Waals surface area contributed by atoms with Gasteiger partial charge in [-0.2, -0.15) is 5.10 Å². The number of nitrogens with zero attached hydrogens (tertiary/aromatic N) is 3.